The molecule has 1 aliphatic rings. The molecule has 4 heteroatoms. The van der Waals surface area contributed by atoms with E-state index in [0.29, 0.717) is 6.54 Å². The normalized spacial score (nSPS) is 17.9. The maximum absolute atomic E-state index is 9.89. The minimum absolute atomic E-state index is 0.490. The van der Waals surface area contributed by atoms with Crippen molar-refractivity contribution >= 4 is 0 Å². The first-order valence-electron chi connectivity index (χ1n) is 6.54. The molecule has 0 atom stereocenters. The fourth-order valence-electron chi connectivity index (χ4n) is 2.32. The van der Waals surface area contributed by atoms with Gasteiger partial charge in [0.05, 0.1) is 6.54 Å². The Morgan fingerprint density at radius 2 is 1.88 bits per heavy atom. The largest absolute Gasteiger partial charge is 0.317 e. The van der Waals surface area contributed by atoms with Gasteiger partial charge in [0.15, 0.2) is 0 Å². The predicted molar refractivity (Wildman–Crippen MR) is 67.7 cm³/mol. The van der Waals surface area contributed by atoms with E-state index in [9.17, 15) is 4.91 Å². The van der Waals surface area contributed by atoms with Crippen molar-refractivity contribution in [3.8, 4) is 0 Å². The van der Waals surface area contributed by atoms with Crippen LogP contribution in [0.4, 0.5) is 0 Å². The second-order valence-electron chi connectivity index (χ2n) is 4.73. The highest BCUT2D eigenvalue weighted by Gasteiger charge is 2.16. The third-order valence-electron chi connectivity index (χ3n) is 3.44. The van der Waals surface area contributed by atoms with Crippen molar-refractivity contribution < 1.29 is 0 Å². The quantitative estimate of drug-likeness (QED) is 0.509. The van der Waals surface area contributed by atoms with Gasteiger partial charge in [-0.05, 0) is 52.4 Å². The molecule has 1 fully saturated rings. The molecule has 0 amide bonds. The number of unbranched alkanes of at least 4 members (excludes halogenated alkanes) is 3. The Balaban J connectivity index is 1.96. The number of nitroso groups, excluding NO2 is 1. The van der Waals surface area contributed by atoms with Crippen molar-refractivity contribution in [3.63, 3.8) is 0 Å². The maximum Gasteiger partial charge on any atom is 0.0811 e. The lowest BCUT2D eigenvalue weighted by Gasteiger charge is -2.31. The molecule has 0 aromatic heterocycles. The van der Waals surface area contributed by atoms with E-state index in [-0.39, 0.29) is 0 Å². The van der Waals surface area contributed by atoms with Crippen LogP contribution >= 0.6 is 0 Å². The van der Waals surface area contributed by atoms with Gasteiger partial charge in [0.2, 0.25) is 0 Å². The molecule has 1 heterocycles. The highest BCUT2D eigenvalue weighted by atomic mass is 16.3. The second-order valence-corrected chi connectivity index (χ2v) is 4.73. The van der Waals surface area contributed by atoms with Crippen LogP contribution in [-0.4, -0.2) is 44.2 Å². The number of piperidine rings is 1. The molecule has 1 aliphatic heterocycles. The SMILES string of the molecule is CN(CCCCCCN=O)C1CCNCC1. The molecule has 0 unspecified atom stereocenters. The van der Waals surface area contributed by atoms with E-state index >= 15 is 0 Å². The average molecular weight is 227 g/mol. The summed E-state index contributed by atoms with van der Waals surface area (Å²) in [7, 11) is 2.24. The fourth-order valence-corrected chi connectivity index (χ4v) is 2.32. The highest BCUT2D eigenvalue weighted by Crippen LogP contribution is 2.11. The van der Waals surface area contributed by atoms with Gasteiger partial charge in [-0.3, -0.25) is 0 Å². The van der Waals surface area contributed by atoms with Gasteiger partial charge in [0, 0.05) is 6.04 Å². The molecule has 4 nitrogen and oxygen atoms in total. The molecule has 0 radical (unpaired) electrons. The second kappa shape index (κ2) is 8.65. The summed E-state index contributed by atoms with van der Waals surface area (Å²) in [5.41, 5.74) is 0. The topological polar surface area (TPSA) is 44.7 Å². The Bertz CT molecular complexity index is 181. The van der Waals surface area contributed by atoms with E-state index in [4.69, 9.17) is 0 Å². The van der Waals surface area contributed by atoms with E-state index in [2.05, 4.69) is 22.4 Å². The predicted octanol–water partition coefficient (Wildman–Crippen LogP) is 2.00. The lowest BCUT2D eigenvalue weighted by molar-refractivity contribution is 0.195. The van der Waals surface area contributed by atoms with Crippen molar-refractivity contribution in [1.29, 1.82) is 0 Å². The number of hydrogen-bond donors (Lipinski definition) is 1. The van der Waals surface area contributed by atoms with Gasteiger partial charge in [0.25, 0.3) is 0 Å². The van der Waals surface area contributed by atoms with Crippen molar-refractivity contribution in [1.82, 2.24) is 10.2 Å². The highest BCUT2D eigenvalue weighted by molar-refractivity contribution is 4.75. The van der Waals surface area contributed by atoms with Gasteiger partial charge in [-0.25, -0.2) is 0 Å². The van der Waals surface area contributed by atoms with E-state index in [0.717, 1.165) is 18.9 Å². The molecule has 0 aliphatic carbocycles. The third kappa shape index (κ3) is 5.56. The molecule has 16 heavy (non-hydrogen) atoms. The number of nitrogens with one attached hydrogen (secondary N) is 1. The molecule has 0 saturated carbocycles. The van der Waals surface area contributed by atoms with Crippen LogP contribution in [0.5, 0.6) is 0 Å². The van der Waals surface area contributed by atoms with Crippen LogP contribution in [0.2, 0.25) is 0 Å². The standard InChI is InChI=1S/C12H25N3O/c1-15(12-6-9-13-10-7-12)11-5-3-2-4-8-14-16/h12-13H,2-11H2,1H3. The molecule has 0 aromatic carbocycles. The van der Waals surface area contributed by atoms with Crippen LogP contribution in [-0.2, 0) is 0 Å². The minimum Gasteiger partial charge on any atom is -0.317 e. The summed E-state index contributed by atoms with van der Waals surface area (Å²) in [5.74, 6) is 0. The smallest absolute Gasteiger partial charge is 0.0811 e. The molecular formula is C12H25N3O. The van der Waals surface area contributed by atoms with Gasteiger partial charge < -0.3 is 10.2 Å². The molecule has 94 valence electrons. The van der Waals surface area contributed by atoms with Gasteiger partial charge in [-0.15, -0.1) is 0 Å². The Morgan fingerprint density at radius 3 is 2.56 bits per heavy atom. The summed E-state index contributed by atoms with van der Waals surface area (Å²) in [6, 6.07) is 0.776. The molecule has 1 rings (SSSR count). The summed E-state index contributed by atoms with van der Waals surface area (Å²) in [4.78, 5) is 12.4. The van der Waals surface area contributed by atoms with Crippen LogP contribution in [0.25, 0.3) is 0 Å². The van der Waals surface area contributed by atoms with Crippen molar-refractivity contribution in [3.05, 3.63) is 4.91 Å². The lowest BCUT2D eigenvalue weighted by Crippen LogP contribution is -2.41. The number of nitrogens with zero attached hydrogens (tertiary/aromatic N) is 2. The molecule has 1 N–H and O–H groups in total. The van der Waals surface area contributed by atoms with Crippen molar-refractivity contribution in [2.24, 2.45) is 5.18 Å². The summed E-state index contributed by atoms with van der Waals surface area (Å²) < 4.78 is 0. The maximum atomic E-state index is 9.89. The zero-order chi connectivity index (χ0) is 11.6. The summed E-state index contributed by atoms with van der Waals surface area (Å²) in [5, 5.41) is 6.27. The molecular weight excluding hydrogens is 202 g/mol. The summed E-state index contributed by atoms with van der Waals surface area (Å²) in [6.45, 7) is 4.02. The first-order chi connectivity index (χ1) is 7.84. The van der Waals surface area contributed by atoms with E-state index in [1.807, 2.05) is 0 Å². The van der Waals surface area contributed by atoms with Crippen LogP contribution < -0.4 is 5.32 Å². The monoisotopic (exact) mass is 227 g/mol. The third-order valence-corrected chi connectivity index (χ3v) is 3.44. The summed E-state index contributed by atoms with van der Waals surface area (Å²) >= 11 is 0. The number of hydrogen-bond acceptors (Lipinski definition) is 4. The van der Waals surface area contributed by atoms with Gasteiger partial charge >= 0.3 is 0 Å². The lowest BCUT2D eigenvalue weighted by atomic mass is 10.0. The molecule has 0 aromatic rings. The van der Waals surface area contributed by atoms with Gasteiger partial charge in [-0.2, -0.15) is 4.91 Å². The number of rotatable bonds is 8. The van der Waals surface area contributed by atoms with Gasteiger partial charge in [-0.1, -0.05) is 18.0 Å². The Morgan fingerprint density at radius 1 is 1.19 bits per heavy atom. The van der Waals surface area contributed by atoms with E-state index in [1.165, 1.54) is 45.3 Å². The molecule has 0 bridgehead atoms. The molecule has 0 spiro atoms. The van der Waals surface area contributed by atoms with Crippen LogP contribution in [0.3, 0.4) is 0 Å². The first kappa shape index (κ1) is 13.6. The fraction of sp³-hybridized carbons (Fsp3) is 1.00. The first-order valence-corrected chi connectivity index (χ1v) is 6.54. The van der Waals surface area contributed by atoms with Crippen LogP contribution in [0, 0.1) is 4.91 Å². The van der Waals surface area contributed by atoms with E-state index < -0.39 is 0 Å². The van der Waals surface area contributed by atoms with Crippen molar-refractivity contribution in [2.45, 2.75) is 44.6 Å². The Hall–Kier alpha value is -0.480. The zero-order valence-electron chi connectivity index (χ0n) is 10.5. The van der Waals surface area contributed by atoms with E-state index in [1.54, 1.807) is 0 Å². The van der Waals surface area contributed by atoms with Crippen LogP contribution in [0.15, 0.2) is 5.18 Å². The molecule has 1 saturated heterocycles. The van der Waals surface area contributed by atoms with Crippen molar-refractivity contribution in [2.75, 3.05) is 33.2 Å². The average Bonchev–Trinajstić information content (AvgIpc) is 2.34. The minimum atomic E-state index is 0.490. The van der Waals surface area contributed by atoms with Crippen LogP contribution in [0.1, 0.15) is 38.5 Å². The Kier molecular flexibility index (Phi) is 7.34. The Labute approximate surface area is 98.8 Å². The zero-order valence-corrected chi connectivity index (χ0v) is 10.5. The summed E-state index contributed by atoms with van der Waals surface area (Å²) in [6.07, 6.45) is 7.15. The van der Waals surface area contributed by atoms with Gasteiger partial charge in [0.1, 0.15) is 0 Å².